The number of benzene rings is 2. The topological polar surface area (TPSA) is 54.0 Å². The molecule has 2 aliphatic heterocycles. The highest BCUT2D eigenvalue weighted by Crippen LogP contribution is 2.50. The largest absolute Gasteiger partial charge is 0.417 e. The lowest BCUT2D eigenvalue weighted by molar-refractivity contribution is -0.226. The smallest absolute Gasteiger partial charge is 0.410 e. The zero-order chi connectivity index (χ0) is 19.2. The van der Waals surface area contributed by atoms with Gasteiger partial charge < -0.3 is 9.64 Å². The summed E-state index contributed by atoms with van der Waals surface area (Å²) in [7, 11) is 4.00. The summed E-state index contributed by atoms with van der Waals surface area (Å²) in [6, 6.07) is 13.4. The van der Waals surface area contributed by atoms with E-state index >= 15 is 0 Å². The SMILES string of the molecule is Cc1cccc(NC(=O)Oc2ccc3c(c2)[C@]2(C)CCN(C)O[C@@H]2N3C)c1.Cl. The maximum absolute atomic E-state index is 12.3. The monoisotopic (exact) mass is 403 g/mol. The number of hydroxylamine groups is 2. The van der Waals surface area contributed by atoms with Gasteiger partial charge in [0, 0.05) is 37.4 Å². The van der Waals surface area contributed by atoms with Gasteiger partial charge in [0.15, 0.2) is 6.23 Å². The molecule has 28 heavy (non-hydrogen) atoms. The summed E-state index contributed by atoms with van der Waals surface area (Å²) < 4.78 is 5.54. The van der Waals surface area contributed by atoms with Crippen molar-refractivity contribution in [1.82, 2.24) is 5.06 Å². The van der Waals surface area contributed by atoms with Crippen LogP contribution < -0.4 is 15.0 Å². The molecule has 150 valence electrons. The minimum Gasteiger partial charge on any atom is -0.410 e. The first-order valence-corrected chi connectivity index (χ1v) is 9.17. The first-order chi connectivity index (χ1) is 12.9. The summed E-state index contributed by atoms with van der Waals surface area (Å²) in [5.74, 6) is 0.535. The maximum atomic E-state index is 12.3. The fourth-order valence-corrected chi connectivity index (χ4v) is 4.06. The summed E-state index contributed by atoms with van der Waals surface area (Å²) in [6.45, 7) is 5.05. The number of anilines is 2. The van der Waals surface area contributed by atoms with E-state index in [1.54, 1.807) is 0 Å². The molecule has 0 saturated carbocycles. The van der Waals surface area contributed by atoms with Gasteiger partial charge in [-0.2, -0.15) is 5.06 Å². The summed E-state index contributed by atoms with van der Waals surface area (Å²) in [5.41, 5.74) is 3.93. The molecule has 2 heterocycles. The number of hydrogen-bond acceptors (Lipinski definition) is 5. The molecule has 1 N–H and O–H groups in total. The highest BCUT2D eigenvalue weighted by Gasteiger charge is 2.50. The van der Waals surface area contributed by atoms with Crippen LogP contribution in [0.25, 0.3) is 0 Å². The van der Waals surface area contributed by atoms with Crippen molar-refractivity contribution in [3.8, 4) is 5.75 Å². The van der Waals surface area contributed by atoms with Crippen LogP contribution in [0.3, 0.4) is 0 Å². The van der Waals surface area contributed by atoms with E-state index in [0.29, 0.717) is 5.75 Å². The Hall–Kier alpha value is -2.28. The number of amides is 1. The molecule has 2 aromatic rings. The van der Waals surface area contributed by atoms with Gasteiger partial charge in [0.05, 0.1) is 0 Å². The van der Waals surface area contributed by atoms with Gasteiger partial charge in [0.1, 0.15) is 5.75 Å². The Kier molecular flexibility index (Phi) is 5.57. The second kappa shape index (κ2) is 7.62. The van der Waals surface area contributed by atoms with Crippen molar-refractivity contribution in [2.45, 2.75) is 31.9 Å². The van der Waals surface area contributed by atoms with E-state index in [9.17, 15) is 4.79 Å². The quantitative estimate of drug-likeness (QED) is 0.808. The van der Waals surface area contributed by atoms with Gasteiger partial charge in [-0.15, -0.1) is 12.4 Å². The molecule has 0 radical (unpaired) electrons. The Labute approximate surface area is 171 Å². The minimum atomic E-state index is -0.492. The average Bonchev–Trinajstić information content (AvgIpc) is 2.83. The third-order valence-corrected chi connectivity index (χ3v) is 5.56. The van der Waals surface area contributed by atoms with Crippen molar-refractivity contribution in [3.05, 3.63) is 53.6 Å². The lowest BCUT2D eigenvalue weighted by atomic mass is 9.79. The number of likely N-dealkylation sites (N-methyl/N-ethyl adjacent to an activating group) is 1. The Morgan fingerprint density at radius 1 is 1.25 bits per heavy atom. The van der Waals surface area contributed by atoms with Crippen molar-refractivity contribution >= 4 is 29.9 Å². The third kappa shape index (κ3) is 3.55. The molecule has 2 atom stereocenters. The number of hydrogen-bond donors (Lipinski definition) is 1. The molecule has 0 aromatic heterocycles. The Morgan fingerprint density at radius 3 is 2.79 bits per heavy atom. The molecule has 0 spiro atoms. The van der Waals surface area contributed by atoms with E-state index in [4.69, 9.17) is 9.57 Å². The van der Waals surface area contributed by atoms with Crippen molar-refractivity contribution in [1.29, 1.82) is 0 Å². The molecule has 1 amide bonds. The highest BCUT2D eigenvalue weighted by molar-refractivity contribution is 5.86. The number of nitrogens with one attached hydrogen (secondary N) is 1. The van der Waals surface area contributed by atoms with Gasteiger partial charge in [0.2, 0.25) is 0 Å². The number of rotatable bonds is 2. The maximum Gasteiger partial charge on any atom is 0.417 e. The zero-order valence-corrected chi connectivity index (χ0v) is 17.4. The van der Waals surface area contributed by atoms with Crippen LogP contribution in [0.15, 0.2) is 42.5 Å². The highest BCUT2D eigenvalue weighted by atomic mass is 35.5. The Balaban J connectivity index is 0.00000225. The van der Waals surface area contributed by atoms with E-state index in [1.165, 1.54) is 0 Å². The summed E-state index contributed by atoms with van der Waals surface area (Å²) in [6.07, 6.45) is 0.431. The van der Waals surface area contributed by atoms with Crippen LogP contribution in [0.5, 0.6) is 5.75 Å². The van der Waals surface area contributed by atoms with Gasteiger partial charge in [-0.05, 0) is 54.8 Å². The molecule has 0 unspecified atom stereocenters. The molecule has 0 aliphatic carbocycles. The normalized spacial score (nSPS) is 23.4. The molecular weight excluding hydrogens is 378 g/mol. The van der Waals surface area contributed by atoms with Gasteiger partial charge >= 0.3 is 6.09 Å². The number of fused-ring (bicyclic) bond motifs is 3. The van der Waals surface area contributed by atoms with Gasteiger partial charge in [-0.3, -0.25) is 10.2 Å². The average molecular weight is 404 g/mol. The van der Waals surface area contributed by atoms with Gasteiger partial charge in [-0.25, -0.2) is 4.79 Å². The second-order valence-electron chi connectivity index (χ2n) is 7.65. The lowest BCUT2D eigenvalue weighted by Crippen LogP contribution is -2.52. The van der Waals surface area contributed by atoms with Crippen LogP contribution in [0, 0.1) is 6.92 Å². The fraction of sp³-hybridized carbons (Fsp3) is 0.381. The fourth-order valence-electron chi connectivity index (χ4n) is 4.06. The molecule has 1 fully saturated rings. The predicted molar refractivity (Wildman–Crippen MR) is 112 cm³/mol. The zero-order valence-electron chi connectivity index (χ0n) is 16.6. The lowest BCUT2D eigenvalue weighted by Gasteiger charge is -2.42. The van der Waals surface area contributed by atoms with E-state index in [0.717, 1.165) is 35.5 Å². The molecule has 2 aromatic carbocycles. The number of carbonyl (C=O) groups excluding carboxylic acids is 1. The van der Waals surface area contributed by atoms with Crippen LogP contribution >= 0.6 is 12.4 Å². The van der Waals surface area contributed by atoms with E-state index in [-0.39, 0.29) is 24.0 Å². The van der Waals surface area contributed by atoms with E-state index in [1.807, 2.05) is 68.5 Å². The Bertz CT molecular complexity index is 891. The summed E-state index contributed by atoms with van der Waals surface area (Å²) in [4.78, 5) is 20.5. The molecule has 7 heteroatoms. The van der Waals surface area contributed by atoms with Crippen molar-refractivity contribution in [2.75, 3.05) is 30.9 Å². The standard InChI is InChI=1S/C21H25N3O3.ClH/c1-14-6-5-7-15(12-14)22-20(25)26-16-8-9-18-17(13-16)21(2)10-11-23(3)27-19(21)24(18)4;/h5-9,12-13,19H,10-11H2,1-4H3,(H,22,25);1H/t19-,21-;/m0./s1. The molecule has 0 bridgehead atoms. The molecule has 1 saturated heterocycles. The van der Waals surface area contributed by atoms with Gasteiger partial charge in [0.25, 0.3) is 0 Å². The van der Waals surface area contributed by atoms with Crippen LogP contribution in [-0.4, -0.2) is 38.0 Å². The predicted octanol–water partition coefficient (Wildman–Crippen LogP) is 4.33. The molecule has 6 nitrogen and oxygen atoms in total. The number of halogens is 1. The van der Waals surface area contributed by atoms with Crippen molar-refractivity contribution in [2.24, 2.45) is 0 Å². The number of ether oxygens (including phenoxy) is 1. The summed E-state index contributed by atoms with van der Waals surface area (Å²) >= 11 is 0. The first-order valence-electron chi connectivity index (χ1n) is 9.17. The minimum absolute atomic E-state index is 0. The van der Waals surface area contributed by atoms with Crippen LogP contribution in [0.4, 0.5) is 16.2 Å². The molecular formula is C21H26ClN3O3. The van der Waals surface area contributed by atoms with E-state index < -0.39 is 6.09 Å². The van der Waals surface area contributed by atoms with Crippen LogP contribution in [0.2, 0.25) is 0 Å². The van der Waals surface area contributed by atoms with Crippen LogP contribution in [0.1, 0.15) is 24.5 Å². The number of aryl methyl sites for hydroxylation is 1. The van der Waals surface area contributed by atoms with Crippen LogP contribution in [-0.2, 0) is 10.3 Å². The molecule has 4 rings (SSSR count). The number of nitrogens with zero attached hydrogens (tertiary/aromatic N) is 2. The number of carbonyl (C=O) groups is 1. The van der Waals surface area contributed by atoms with Gasteiger partial charge in [-0.1, -0.05) is 19.1 Å². The Morgan fingerprint density at radius 2 is 2.04 bits per heavy atom. The van der Waals surface area contributed by atoms with Crippen molar-refractivity contribution in [3.63, 3.8) is 0 Å². The molecule has 2 aliphatic rings. The summed E-state index contributed by atoms with van der Waals surface area (Å²) in [5, 5.41) is 4.67. The van der Waals surface area contributed by atoms with E-state index in [2.05, 4.69) is 17.1 Å². The second-order valence-corrected chi connectivity index (χ2v) is 7.65. The van der Waals surface area contributed by atoms with Crippen molar-refractivity contribution < 1.29 is 14.4 Å². The third-order valence-electron chi connectivity index (χ3n) is 5.56. The first kappa shape index (κ1) is 20.5.